The van der Waals surface area contributed by atoms with E-state index in [4.69, 9.17) is 11.6 Å². The Morgan fingerprint density at radius 3 is 2.72 bits per heavy atom. The van der Waals surface area contributed by atoms with E-state index in [1.54, 1.807) is 37.5 Å². The quantitative estimate of drug-likeness (QED) is 0.863. The van der Waals surface area contributed by atoms with Crippen molar-refractivity contribution in [3.05, 3.63) is 58.6 Å². The Morgan fingerprint density at radius 1 is 1.28 bits per heavy atom. The van der Waals surface area contributed by atoms with Gasteiger partial charge in [0.2, 0.25) is 0 Å². The van der Waals surface area contributed by atoms with Crippen molar-refractivity contribution in [3.8, 4) is 0 Å². The van der Waals surface area contributed by atoms with E-state index in [0.29, 0.717) is 23.0 Å². The molecule has 1 amide bonds. The van der Waals surface area contributed by atoms with Gasteiger partial charge in [-0.2, -0.15) is 0 Å². The fourth-order valence-electron chi connectivity index (χ4n) is 1.55. The molecule has 0 saturated heterocycles. The number of nitrogens with one attached hydrogen (secondary N) is 1. The standard InChI is InChI=1S/C13H12ClN3O/c1-9-11(5-3-6-15-9)13(18)17-8-10-4-2-7-16-12(10)14/h2-7H,8H2,1H3,(H,17,18). The van der Waals surface area contributed by atoms with Crippen molar-refractivity contribution in [3.63, 3.8) is 0 Å². The first-order chi connectivity index (χ1) is 8.68. The Bertz CT molecular complexity index is 572. The van der Waals surface area contributed by atoms with Crippen molar-refractivity contribution < 1.29 is 4.79 Å². The highest BCUT2D eigenvalue weighted by Crippen LogP contribution is 2.11. The van der Waals surface area contributed by atoms with Crippen molar-refractivity contribution >= 4 is 17.5 Å². The third-order valence-electron chi connectivity index (χ3n) is 2.53. The minimum absolute atomic E-state index is 0.166. The van der Waals surface area contributed by atoms with Crippen molar-refractivity contribution in [2.24, 2.45) is 0 Å². The summed E-state index contributed by atoms with van der Waals surface area (Å²) in [6.45, 7) is 2.14. The van der Waals surface area contributed by atoms with E-state index in [0.717, 1.165) is 5.56 Å². The molecule has 1 N–H and O–H groups in total. The molecule has 0 bridgehead atoms. The molecule has 2 aromatic rings. The molecule has 0 aromatic carbocycles. The summed E-state index contributed by atoms with van der Waals surface area (Å²) in [7, 11) is 0. The monoisotopic (exact) mass is 261 g/mol. The van der Waals surface area contributed by atoms with Crippen molar-refractivity contribution in [2.75, 3.05) is 0 Å². The van der Waals surface area contributed by atoms with E-state index in [-0.39, 0.29) is 5.91 Å². The third kappa shape index (κ3) is 2.84. The van der Waals surface area contributed by atoms with Gasteiger partial charge in [0, 0.05) is 30.2 Å². The van der Waals surface area contributed by atoms with Crippen LogP contribution in [-0.2, 0) is 6.54 Å². The minimum atomic E-state index is -0.166. The minimum Gasteiger partial charge on any atom is -0.348 e. The number of carbonyl (C=O) groups is 1. The highest BCUT2D eigenvalue weighted by atomic mass is 35.5. The fraction of sp³-hybridized carbons (Fsp3) is 0.154. The van der Waals surface area contributed by atoms with E-state index in [1.807, 2.05) is 6.07 Å². The molecule has 0 unspecified atom stereocenters. The molecule has 0 radical (unpaired) electrons. The van der Waals surface area contributed by atoms with Gasteiger partial charge >= 0.3 is 0 Å². The van der Waals surface area contributed by atoms with Gasteiger partial charge in [0.25, 0.3) is 5.91 Å². The van der Waals surface area contributed by atoms with Gasteiger partial charge < -0.3 is 5.32 Å². The molecule has 0 aliphatic heterocycles. The molecule has 92 valence electrons. The highest BCUT2D eigenvalue weighted by molar-refractivity contribution is 6.30. The van der Waals surface area contributed by atoms with Crippen LogP contribution in [0.2, 0.25) is 5.15 Å². The zero-order valence-electron chi connectivity index (χ0n) is 9.85. The highest BCUT2D eigenvalue weighted by Gasteiger charge is 2.09. The van der Waals surface area contributed by atoms with E-state index in [2.05, 4.69) is 15.3 Å². The van der Waals surface area contributed by atoms with Crippen LogP contribution in [0.5, 0.6) is 0 Å². The first-order valence-corrected chi connectivity index (χ1v) is 5.85. The van der Waals surface area contributed by atoms with Gasteiger partial charge in [0.1, 0.15) is 5.15 Å². The first kappa shape index (κ1) is 12.5. The maximum absolute atomic E-state index is 11.9. The number of amides is 1. The summed E-state index contributed by atoms with van der Waals surface area (Å²) in [4.78, 5) is 20.0. The summed E-state index contributed by atoms with van der Waals surface area (Å²) < 4.78 is 0. The van der Waals surface area contributed by atoms with Crippen LogP contribution in [0.4, 0.5) is 0 Å². The zero-order valence-corrected chi connectivity index (χ0v) is 10.6. The average molecular weight is 262 g/mol. The molecule has 0 fully saturated rings. The Balaban J connectivity index is 2.06. The third-order valence-corrected chi connectivity index (χ3v) is 2.87. The molecule has 0 atom stereocenters. The lowest BCUT2D eigenvalue weighted by Crippen LogP contribution is -2.24. The SMILES string of the molecule is Cc1ncccc1C(=O)NCc1cccnc1Cl. The summed E-state index contributed by atoms with van der Waals surface area (Å²) >= 11 is 5.91. The number of nitrogens with zero attached hydrogens (tertiary/aromatic N) is 2. The van der Waals surface area contributed by atoms with Crippen LogP contribution in [0.15, 0.2) is 36.7 Å². The van der Waals surface area contributed by atoms with Crippen molar-refractivity contribution in [1.82, 2.24) is 15.3 Å². The predicted molar refractivity (Wildman–Crippen MR) is 69.4 cm³/mol. The van der Waals surface area contributed by atoms with Crippen LogP contribution in [0.25, 0.3) is 0 Å². The molecule has 4 nitrogen and oxygen atoms in total. The normalized spacial score (nSPS) is 10.1. The van der Waals surface area contributed by atoms with Gasteiger partial charge in [-0.3, -0.25) is 9.78 Å². The lowest BCUT2D eigenvalue weighted by Gasteiger charge is -2.07. The Labute approximate surface area is 110 Å². The van der Waals surface area contributed by atoms with Crippen LogP contribution < -0.4 is 5.32 Å². The molecular weight excluding hydrogens is 250 g/mol. The number of hydrogen-bond acceptors (Lipinski definition) is 3. The molecule has 0 aliphatic rings. The van der Waals surface area contributed by atoms with Crippen molar-refractivity contribution in [1.29, 1.82) is 0 Å². The summed E-state index contributed by atoms with van der Waals surface area (Å²) in [6, 6.07) is 7.08. The second kappa shape index (κ2) is 5.60. The van der Waals surface area contributed by atoms with Gasteiger partial charge in [0.05, 0.1) is 5.56 Å². The maximum Gasteiger partial charge on any atom is 0.253 e. The largest absolute Gasteiger partial charge is 0.348 e. The fourth-order valence-corrected chi connectivity index (χ4v) is 1.73. The van der Waals surface area contributed by atoms with Gasteiger partial charge in [-0.05, 0) is 25.1 Å². The molecule has 2 aromatic heterocycles. The summed E-state index contributed by atoms with van der Waals surface area (Å²) in [5, 5.41) is 3.20. The molecule has 2 rings (SSSR count). The van der Waals surface area contributed by atoms with E-state index in [1.165, 1.54) is 0 Å². The van der Waals surface area contributed by atoms with Crippen LogP contribution in [-0.4, -0.2) is 15.9 Å². The maximum atomic E-state index is 11.9. The Hall–Kier alpha value is -1.94. The van der Waals surface area contributed by atoms with E-state index >= 15 is 0 Å². The lowest BCUT2D eigenvalue weighted by atomic mass is 10.2. The van der Waals surface area contributed by atoms with Gasteiger partial charge in [-0.15, -0.1) is 0 Å². The topological polar surface area (TPSA) is 54.9 Å². The second-order valence-corrected chi connectivity index (χ2v) is 4.13. The smallest absolute Gasteiger partial charge is 0.253 e. The molecule has 5 heteroatoms. The van der Waals surface area contributed by atoms with Crippen LogP contribution >= 0.6 is 11.6 Å². The molecule has 18 heavy (non-hydrogen) atoms. The van der Waals surface area contributed by atoms with Crippen LogP contribution in [0.1, 0.15) is 21.6 Å². The molecule has 0 aliphatic carbocycles. The summed E-state index contributed by atoms with van der Waals surface area (Å²) in [5.41, 5.74) is 2.05. The number of carbonyl (C=O) groups excluding carboxylic acids is 1. The molecule has 0 spiro atoms. The summed E-state index contributed by atoms with van der Waals surface area (Å²) in [5.74, 6) is -0.166. The number of rotatable bonds is 3. The predicted octanol–water partition coefficient (Wildman–Crippen LogP) is 2.37. The molecule has 2 heterocycles. The van der Waals surface area contributed by atoms with Gasteiger partial charge in [-0.1, -0.05) is 17.7 Å². The second-order valence-electron chi connectivity index (χ2n) is 3.77. The van der Waals surface area contributed by atoms with E-state index in [9.17, 15) is 4.79 Å². The number of pyridine rings is 2. The Morgan fingerprint density at radius 2 is 2.00 bits per heavy atom. The van der Waals surface area contributed by atoms with Gasteiger partial charge in [0.15, 0.2) is 0 Å². The van der Waals surface area contributed by atoms with Gasteiger partial charge in [-0.25, -0.2) is 4.98 Å². The molecule has 0 saturated carbocycles. The first-order valence-electron chi connectivity index (χ1n) is 5.47. The van der Waals surface area contributed by atoms with Crippen molar-refractivity contribution in [2.45, 2.75) is 13.5 Å². The molecular formula is C13H12ClN3O. The average Bonchev–Trinajstić information content (AvgIpc) is 2.38. The number of aromatic nitrogens is 2. The number of aryl methyl sites for hydroxylation is 1. The zero-order chi connectivity index (χ0) is 13.0. The van der Waals surface area contributed by atoms with E-state index < -0.39 is 0 Å². The lowest BCUT2D eigenvalue weighted by molar-refractivity contribution is 0.0950. The number of halogens is 1. The van der Waals surface area contributed by atoms with Crippen LogP contribution in [0.3, 0.4) is 0 Å². The van der Waals surface area contributed by atoms with Crippen LogP contribution in [0, 0.1) is 6.92 Å². The Kier molecular flexibility index (Phi) is 3.89. The summed E-state index contributed by atoms with van der Waals surface area (Å²) in [6.07, 6.45) is 3.27. The number of hydrogen-bond donors (Lipinski definition) is 1.